The van der Waals surface area contributed by atoms with Crippen LogP contribution >= 0.6 is 23.1 Å². The minimum absolute atomic E-state index is 0.0421. The van der Waals surface area contributed by atoms with Crippen LogP contribution in [0.1, 0.15) is 18.1 Å². The maximum absolute atomic E-state index is 12.4. The van der Waals surface area contributed by atoms with Gasteiger partial charge in [0.15, 0.2) is 4.34 Å². The SMILES string of the molecule is C=CCNc1nnc(S[C@@H](C)C(=O)Nc2cc(C)ccc2C)s1. The number of anilines is 2. The molecule has 0 spiro atoms. The summed E-state index contributed by atoms with van der Waals surface area (Å²) in [7, 11) is 0. The van der Waals surface area contributed by atoms with E-state index in [-0.39, 0.29) is 11.2 Å². The summed E-state index contributed by atoms with van der Waals surface area (Å²) in [6.07, 6.45) is 1.76. The Bertz CT molecular complexity index is 699. The van der Waals surface area contributed by atoms with Crippen molar-refractivity contribution >= 4 is 39.8 Å². The third kappa shape index (κ3) is 5.07. The minimum atomic E-state index is -0.255. The summed E-state index contributed by atoms with van der Waals surface area (Å²) in [5, 5.41) is 14.7. The Hall–Kier alpha value is -1.86. The predicted molar refractivity (Wildman–Crippen MR) is 98.5 cm³/mol. The summed E-state index contributed by atoms with van der Waals surface area (Å²) in [6.45, 7) is 10.1. The molecule has 0 saturated heterocycles. The van der Waals surface area contributed by atoms with Gasteiger partial charge in [0.1, 0.15) is 0 Å². The minimum Gasteiger partial charge on any atom is -0.357 e. The number of amides is 1. The molecule has 0 bridgehead atoms. The second-order valence-electron chi connectivity index (χ2n) is 5.11. The molecule has 1 atom stereocenters. The normalized spacial score (nSPS) is 11.8. The van der Waals surface area contributed by atoms with Gasteiger partial charge in [-0.15, -0.1) is 16.8 Å². The van der Waals surface area contributed by atoms with Gasteiger partial charge < -0.3 is 10.6 Å². The summed E-state index contributed by atoms with van der Waals surface area (Å²) in [5.74, 6) is -0.0421. The van der Waals surface area contributed by atoms with Crippen molar-refractivity contribution in [1.82, 2.24) is 10.2 Å². The third-order valence-corrected chi connectivity index (χ3v) is 5.17. The number of nitrogens with zero attached hydrogens (tertiary/aromatic N) is 2. The van der Waals surface area contributed by atoms with Gasteiger partial charge in [0.25, 0.3) is 0 Å². The fourth-order valence-corrected chi connectivity index (χ4v) is 3.70. The Morgan fingerprint density at radius 2 is 2.22 bits per heavy atom. The van der Waals surface area contributed by atoms with E-state index in [2.05, 4.69) is 27.4 Å². The molecular weight excluding hydrogens is 328 g/mol. The summed E-state index contributed by atoms with van der Waals surface area (Å²) < 4.78 is 0.764. The van der Waals surface area contributed by atoms with Gasteiger partial charge in [0, 0.05) is 12.2 Å². The molecule has 2 rings (SSSR count). The smallest absolute Gasteiger partial charge is 0.237 e. The van der Waals surface area contributed by atoms with Crippen LogP contribution in [0.2, 0.25) is 0 Å². The monoisotopic (exact) mass is 348 g/mol. The first kappa shape index (κ1) is 17.5. The fourth-order valence-electron chi connectivity index (χ4n) is 1.80. The number of nitrogens with one attached hydrogen (secondary N) is 2. The van der Waals surface area contributed by atoms with Crippen LogP contribution in [0.3, 0.4) is 0 Å². The zero-order chi connectivity index (χ0) is 16.8. The van der Waals surface area contributed by atoms with Crippen LogP contribution in [-0.4, -0.2) is 27.9 Å². The van der Waals surface area contributed by atoms with Crippen LogP contribution in [-0.2, 0) is 4.79 Å². The molecule has 0 saturated carbocycles. The van der Waals surface area contributed by atoms with Gasteiger partial charge in [-0.2, -0.15) is 0 Å². The van der Waals surface area contributed by atoms with Gasteiger partial charge in [0.05, 0.1) is 5.25 Å². The number of hydrogen-bond donors (Lipinski definition) is 2. The van der Waals surface area contributed by atoms with Crippen molar-refractivity contribution < 1.29 is 4.79 Å². The summed E-state index contributed by atoms with van der Waals surface area (Å²) in [5.41, 5.74) is 3.02. The highest BCUT2D eigenvalue weighted by Crippen LogP contribution is 2.29. The van der Waals surface area contributed by atoms with Gasteiger partial charge >= 0.3 is 0 Å². The Kier molecular flexibility index (Phi) is 6.18. The third-order valence-electron chi connectivity index (χ3n) is 3.10. The van der Waals surface area contributed by atoms with Crippen molar-refractivity contribution in [2.24, 2.45) is 0 Å². The lowest BCUT2D eigenvalue weighted by atomic mass is 10.1. The number of carbonyl (C=O) groups excluding carboxylic acids is 1. The molecule has 1 heterocycles. The first-order chi connectivity index (χ1) is 11.0. The first-order valence-corrected chi connectivity index (χ1v) is 8.92. The summed E-state index contributed by atoms with van der Waals surface area (Å²) in [4.78, 5) is 12.4. The van der Waals surface area contributed by atoms with Crippen molar-refractivity contribution in [3.05, 3.63) is 42.0 Å². The molecule has 122 valence electrons. The van der Waals surface area contributed by atoms with E-state index < -0.39 is 0 Å². The quantitative estimate of drug-likeness (QED) is 0.587. The second-order valence-corrected chi connectivity index (χ2v) is 7.68. The molecule has 0 unspecified atom stereocenters. The lowest BCUT2D eigenvalue weighted by molar-refractivity contribution is -0.115. The van der Waals surface area contributed by atoms with Crippen LogP contribution in [0.5, 0.6) is 0 Å². The van der Waals surface area contributed by atoms with Crippen molar-refractivity contribution in [2.75, 3.05) is 17.2 Å². The van der Waals surface area contributed by atoms with E-state index in [1.54, 1.807) is 6.08 Å². The number of aromatic nitrogens is 2. The van der Waals surface area contributed by atoms with Gasteiger partial charge in [-0.05, 0) is 38.0 Å². The van der Waals surface area contributed by atoms with Crippen LogP contribution in [0.25, 0.3) is 0 Å². The zero-order valence-corrected chi connectivity index (χ0v) is 15.1. The molecule has 7 heteroatoms. The Morgan fingerprint density at radius 1 is 1.43 bits per heavy atom. The van der Waals surface area contributed by atoms with Gasteiger partial charge in [-0.25, -0.2) is 0 Å². The lowest BCUT2D eigenvalue weighted by Crippen LogP contribution is -2.22. The largest absolute Gasteiger partial charge is 0.357 e. The lowest BCUT2D eigenvalue weighted by Gasteiger charge is -2.12. The molecule has 5 nitrogen and oxygen atoms in total. The Balaban J connectivity index is 1.95. The van der Waals surface area contributed by atoms with E-state index in [4.69, 9.17) is 0 Å². The predicted octanol–water partition coefficient (Wildman–Crippen LogP) is 3.87. The molecule has 1 amide bonds. The standard InChI is InChI=1S/C16H20N4OS2/c1-5-8-17-15-19-20-16(23-15)22-12(4)14(21)18-13-9-10(2)6-7-11(13)3/h5-7,9,12H,1,8H2,2-4H3,(H,17,19)(H,18,21)/t12-/m0/s1. The number of hydrogen-bond acceptors (Lipinski definition) is 6. The van der Waals surface area contributed by atoms with E-state index in [0.717, 1.165) is 26.3 Å². The fraction of sp³-hybridized carbons (Fsp3) is 0.312. The topological polar surface area (TPSA) is 66.9 Å². The van der Waals surface area contributed by atoms with E-state index in [1.165, 1.54) is 23.1 Å². The van der Waals surface area contributed by atoms with Gasteiger partial charge in [-0.1, -0.05) is 41.3 Å². The molecule has 23 heavy (non-hydrogen) atoms. The molecule has 2 N–H and O–H groups in total. The second kappa shape index (κ2) is 8.12. The van der Waals surface area contributed by atoms with E-state index in [9.17, 15) is 4.79 Å². The Morgan fingerprint density at radius 3 is 2.96 bits per heavy atom. The Labute approximate surface area is 144 Å². The highest BCUT2D eigenvalue weighted by molar-refractivity contribution is 8.02. The highest BCUT2D eigenvalue weighted by atomic mass is 32.2. The summed E-state index contributed by atoms with van der Waals surface area (Å²) >= 11 is 2.83. The van der Waals surface area contributed by atoms with Crippen molar-refractivity contribution in [2.45, 2.75) is 30.4 Å². The molecule has 2 aromatic rings. The van der Waals surface area contributed by atoms with Crippen molar-refractivity contribution in [3.8, 4) is 0 Å². The number of carbonyl (C=O) groups is 1. The average Bonchev–Trinajstić information content (AvgIpc) is 2.96. The molecule has 0 aliphatic heterocycles. The van der Waals surface area contributed by atoms with Crippen LogP contribution in [0.15, 0.2) is 35.2 Å². The van der Waals surface area contributed by atoms with Crippen LogP contribution in [0.4, 0.5) is 10.8 Å². The zero-order valence-electron chi connectivity index (χ0n) is 13.4. The molecule has 0 radical (unpaired) electrons. The molecule has 0 aliphatic carbocycles. The molecule has 0 aliphatic rings. The van der Waals surface area contributed by atoms with Gasteiger partial charge in [0.2, 0.25) is 11.0 Å². The molecule has 0 fully saturated rings. The number of thioether (sulfide) groups is 1. The van der Waals surface area contributed by atoms with E-state index in [1.807, 2.05) is 39.0 Å². The molecule has 1 aromatic heterocycles. The van der Waals surface area contributed by atoms with Crippen LogP contribution in [0, 0.1) is 13.8 Å². The first-order valence-electron chi connectivity index (χ1n) is 7.22. The maximum Gasteiger partial charge on any atom is 0.237 e. The van der Waals surface area contributed by atoms with Crippen LogP contribution < -0.4 is 10.6 Å². The van der Waals surface area contributed by atoms with E-state index >= 15 is 0 Å². The van der Waals surface area contributed by atoms with E-state index in [0.29, 0.717) is 6.54 Å². The number of benzene rings is 1. The number of aryl methyl sites for hydroxylation is 2. The van der Waals surface area contributed by atoms with Crippen molar-refractivity contribution in [3.63, 3.8) is 0 Å². The van der Waals surface area contributed by atoms with Gasteiger partial charge in [-0.3, -0.25) is 4.79 Å². The average molecular weight is 348 g/mol. The maximum atomic E-state index is 12.4. The summed E-state index contributed by atoms with van der Waals surface area (Å²) in [6, 6.07) is 6.01. The van der Waals surface area contributed by atoms with Crippen molar-refractivity contribution in [1.29, 1.82) is 0 Å². The molecular formula is C16H20N4OS2. The number of rotatable bonds is 7. The highest BCUT2D eigenvalue weighted by Gasteiger charge is 2.18. The molecule has 1 aromatic carbocycles.